The molecule has 1 aromatic rings. The number of methoxy groups -OCH3 is 1. The number of ether oxygens (including phenoxy) is 1. The van der Waals surface area contributed by atoms with Crippen LogP contribution >= 0.6 is 0 Å². The van der Waals surface area contributed by atoms with E-state index >= 15 is 0 Å². The molecule has 1 aliphatic heterocycles. The Morgan fingerprint density at radius 3 is 2.77 bits per heavy atom. The minimum Gasteiger partial charge on any atom is -0.497 e. The van der Waals surface area contributed by atoms with E-state index in [0.717, 1.165) is 26.1 Å². The van der Waals surface area contributed by atoms with E-state index in [1.165, 1.54) is 6.07 Å². The van der Waals surface area contributed by atoms with Gasteiger partial charge in [-0.05, 0) is 38.5 Å². The Morgan fingerprint density at radius 1 is 1.36 bits per heavy atom. The predicted octanol–water partition coefficient (Wildman–Crippen LogP) is 2.11. The van der Waals surface area contributed by atoms with Crippen molar-refractivity contribution in [1.29, 1.82) is 0 Å². The van der Waals surface area contributed by atoms with Crippen LogP contribution in [0, 0.1) is 5.82 Å². The molecule has 1 atom stereocenters. The zero-order valence-corrected chi connectivity index (χ0v) is 13.8. The van der Waals surface area contributed by atoms with Crippen molar-refractivity contribution in [3.05, 3.63) is 29.6 Å². The van der Waals surface area contributed by atoms with Crippen LogP contribution in [0.25, 0.3) is 0 Å². The zero-order chi connectivity index (χ0) is 16.1. The predicted molar refractivity (Wildman–Crippen MR) is 85.6 cm³/mol. The number of aliphatic hydroxyl groups excluding tert-OH is 1. The van der Waals surface area contributed by atoms with E-state index < -0.39 is 0 Å². The quantitative estimate of drug-likeness (QED) is 0.873. The summed E-state index contributed by atoms with van der Waals surface area (Å²) < 4.78 is 19.2. The van der Waals surface area contributed by atoms with Crippen molar-refractivity contribution >= 4 is 0 Å². The standard InChI is InChI=1S/C17H27FN2O2/c1-13(2)20-8-7-19(12-15(20)6-9-21)11-14-10-16(22-3)4-5-17(14)18/h4-5,10,13,15,21H,6-9,11-12H2,1-3H3/t15-/m0/s1. The summed E-state index contributed by atoms with van der Waals surface area (Å²) in [5.41, 5.74) is 0.667. The third-order valence-corrected chi connectivity index (χ3v) is 4.38. The van der Waals surface area contributed by atoms with Crippen molar-refractivity contribution in [3.8, 4) is 5.75 Å². The number of aliphatic hydroxyl groups is 1. The summed E-state index contributed by atoms with van der Waals surface area (Å²) >= 11 is 0. The van der Waals surface area contributed by atoms with Crippen molar-refractivity contribution in [2.75, 3.05) is 33.4 Å². The van der Waals surface area contributed by atoms with Crippen LogP contribution in [0.2, 0.25) is 0 Å². The van der Waals surface area contributed by atoms with E-state index in [2.05, 4.69) is 23.6 Å². The fourth-order valence-corrected chi connectivity index (χ4v) is 3.20. The fourth-order valence-electron chi connectivity index (χ4n) is 3.20. The van der Waals surface area contributed by atoms with Gasteiger partial charge in [0.05, 0.1) is 7.11 Å². The molecule has 4 nitrogen and oxygen atoms in total. The Bertz CT molecular complexity index is 482. The van der Waals surface area contributed by atoms with Gasteiger partial charge in [0.2, 0.25) is 0 Å². The molecular formula is C17H27FN2O2. The topological polar surface area (TPSA) is 35.9 Å². The SMILES string of the molecule is COc1ccc(F)c(CN2CCN(C(C)C)[C@@H](CCO)C2)c1. The molecule has 124 valence electrons. The Balaban J connectivity index is 2.05. The average molecular weight is 310 g/mol. The molecule has 0 unspecified atom stereocenters. The molecule has 1 heterocycles. The number of hydrogen-bond donors (Lipinski definition) is 1. The van der Waals surface area contributed by atoms with Crippen LogP contribution in [-0.4, -0.2) is 60.3 Å². The van der Waals surface area contributed by atoms with Gasteiger partial charge in [0.15, 0.2) is 0 Å². The molecule has 0 saturated carbocycles. The van der Waals surface area contributed by atoms with Crippen molar-refractivity contribution in [2.45, 2.75) is 38.9 Å². The first-order valence-electron chi connectivity index (χ1n) is 7.96. The molecule has 22 heavy (non-hydrogen) atoms. The largest absolute Gasteiger partial charge is 0.497 e. The van der Waals surface area contributed by atoms with Crippen LogP contribution < -0.4 is 4.74 Å². The van der Waals surface area contributed by atoms with Crippen LogP contribution in [0.4, 0.5) is 4.39 Å². The van der Waals surface area contributed by atoms with Gasteiger partial charge in [-0.3, -0.25) is 9.80 Å². The summed E-state index contributed by atoms with van der Waals surface area (Å²) in [6.07, 6.45) is 0.759. The van der Waals surface area contributed by atoms with Gasteiger partial charge >= 0.3 is 0 Å². The molecule has 0 amide bonds. The first-order valence-corrected chi connectivity index (χ1v) is 7.96. The first-order chi connectivity index (χ1) is 10.5. The molecule has 1 aromatic carbocycles. The number of benzene rings is 1. The molecule has 2 rings (SSSR count). The minimum atomic E-state index is -0.189. The van der Waals surface area contributed by atoms with E-state index in [0.29, 0.717) is 29.9 Å². The molecule has 0 spiro atoms. The van der Waals surface area contributed by atoms with Gasteiger partial charge < -0.3 is 9.84 Å². The number of piperazine rings is 1. The van der Waals surface area contributed by atoms with Crippen LogP contribution in [0.15, 0.2) is 18.2 Å². The maximum Gasteiger partial charge on any atom is 0.127 e. The summed E-state index contributed by atoms with van der Waals surface area (Å²) in [4.78, 5) is 4.69. The Kier molecular flexibility index (Phi) is 6.17. The Labute approximate surface area is 132 Å². The second kappa shape index (κ2) is 7.90. The van der Waals surface area contributed by atoms with E-state index in [-0.39, 0.29) is 12.4 Å². The summed E-state index contributed by atoms with van der Waals surface area (Å²) in [6.45, 7) is 7.86. The number of halogens is 1. The lowest BCUT2D eigenvalue weighted by Gasteiger charge is -2.43. The normalized spacial score (nSPS) is 20.5. The van der Waals surface area contributed by atoms with E-state index in [4.69, 9.17) is 4.74 Å². The Morgan fingerprint density at radius 2 is 2.14 bits per heavy atom. The summed E-state index contributed by atoms with van der Waals surface area (Å²) in [5.74, 6) is 0.495. The number of hydrogen-bond acceptors (Lipinski definition) is 4. The second-order valence-corrected chi connectivity index (χ2v) is 6.19. The van der Waals surface area contributed by atoms with E-state index in [1.807, 2.05) is 0 Å². The van der Waals surface area contributed by atoms with Crippen LogP contribution in [0.5, 0.6) is 5.75 Å². The molecule has 0 aliphatic carbocycles. The lowest BCUT2D eigenvalue weighted by molar-refractivity contribution is 0.0345. The van der Waals surface area contributed by atoms with Crippen molar-refractivity contribution in [3.63, 3.8) is 0 Å². The van der Waals surface area contributed by atoms with Crippen LogP contribution in [-0.2, 0) is 6.54 Å². The second-order valence-electron chi connectivity index (χ2n) is 6.19. The molecule has 0 bridgehead atoms. The van der Waals surface area contributed by atoms with Gasteiger partial charge in [-0.1, -0.05) is 0 Å². The van der Waals surface area contributed by atoms with Crippen molar-refractivity contribution in [1.82, 2.24) is 9.80 Å². The lowest BCUT2D eigenvalue weighted by atomic mass is 10.1. The van der Waals surface area contributed by atoms with E-state index in [9.17, 15) is 9.50 Å². The minimum absolute atomic E-state index is 0.189. The smallest absolute Gasteiger partial charge is 0.127 e. The maximum absolute atomic E-state index is 14.0. The van der Waals surface area contributed by atoms with Gasteiger partial charge in [0.1, 0.15) is 11.6 Å². The maximum atomic E-state index is 14.0. The van der Waals surface area contributed by atoms with Crippen molar-refractivity contribution in [2.24, 2.45) is 0 Å². The number of rotatable bonds is 6. The van der Waals surface area contributed by atoms with Gasteiger partial charge in [0, 0.05) is 50.4 Å². The van der Waals surface area contributed by atoms with Crippen LogP contribution in [0.1, 0.15) is 25.8 Å². The van der Waals surface area contributed by atoms with Gasteiger partial charge in [-0.25, -0.2) is 4.39 Å². The summed E-state index contributed by atoms with van der Waals surface area (Å²) in [7, 11) is 1.59. The van der Waals surface area contributed by atoms with Crippen LogP contribution in [0.3, 0.4) is 0 Å². The number of nitrogens with zero attached hydrogens (tertiary/aromatic N) is 2. The molecule has 0 radical (unpaired) electrons. The molecule has 5 heteroatoms. The lowest BCUT2D eigenvalue weighted by Crippen LogP contribution is -2.55. The molecule has 1 aliphatic rings. The van der Waals surface area contributed by atoms with Gasteiger partial charge in [-0.15, -0.1) is 0 Å². The molecular weight excluding hydrogens is 283 g/mol. The molecule has 1 fully saturated rings. The highest BCUT2D eigenvalue weighted by molar-refractivity contribution is 5.29. The summed E-state index contributed by atoms with van der Waals surface area (Å²) in [5, 5.41) is 9.28. The monoisotopic (exact) mass is 310 g/mol. The fraction of sp³-hybridized carbons (Fsp3) is 0.647. The van der Waals surface area contributed by atoms with Gasteiger partial charge in [-0.2, -0.15) is 0 Å². The molecule has 0 aromatic heterocycles. The Hall–Kier alpha value is -1.17. The third kappa shape index (κ3) is 4.18. The van der Waals surface area contributed by atoms with Crippen molar-refractivity contribution < 1.29 is 14.2 Å². The molecule has 1 saturated heterocycles. The summed E-state index contributed by atoms with van der Waals surface area (Å²) in [6, 6.07) is 5.67. The average Bonchev–Trinajstić information content (AvgIpc) is 2.50. The highest BCUT2D eigenvalue weighted by Crippen LogP contribution is 2.21. The highest BCUT2D eigenvalue weighted by atomic mass is 19.1. The first kappa shape index (κ1) is 17.2. The molecule has 1 N–H and O–H groups in total. The zero-order valence-electron chi connectivity index (χ0n) is 13.8. The third-order valence-electron chi connectivity index (χ3n) is 4.38. The van der Waals surface area contributed by atoms with E-state index in [1.54, 1.807) is 19.2 Å². The highest BCUT2D eigenvalue weighted by Gasteiger charge is 2.28. The van der Waals surface area contributed by atoms with Gasteiger partial charge in [0.25, 0.3) is 0 Å².